The van der Waals surface area contributed by atoms with Gasteiger partial charge in [-0.2, -0.15) is 26.3 Å². The van der Waals surface area contributed by atoms with Crippen LogP contribution in [0.2, 0.25) is 0 Å². The molecule has 0 heterocycles. The van der Waals surface area contributed by atoms with Gasteiger partial charge < -0.3 is 0 Å². The van der Waals surface area contributed by atoms with E-state index in [4.69, 9.17) is 0 Å². The van der Waals surface area contributed by atoms with Crippen molar-refractivity contribution in [1.29, 1.82) is 0 Å². The van der Waals surface area contributed by atoms with E-state index in [1.807, 2.05) is 0 Å². The Morgan fingerprint density at radius 3 is 1.71 bits per heavy atom. The number of nitrogens with one attached hydrogen (secondary N) is 2. The lowest BCUT2D eigenvalue weighted by Gasteiger charge is -2.47. The van der Waals surface area contributed by atoms with Gasteiger partial charge >= 0.3 is 18.4 Å². The number of hydrazine groups is 1. The Kier molecular flexibility index (Phi) is 9.06. The van der Waals surface area contributed by atoms with Crippen LogP contribution in [-0.4, -0.2) is 36.9 Å². The zero-order valence-electron chi connectivity index (χ0n) is 16.7. The summed E-state index contributed by atoms with van der Waals surface area (Å²) in [7, 11) is -4.52. The maximum Gasteiger partial charge on any atom is 0.423 e. The minimum absolute atomic E-state index is 0.377. The van der Waals surface area contributed by atoms with E-state index < -0.39 is 38.5 Å². The Hall–Kier alpha value is -0.610. The number of carbonyl (C=O) groups is 1. The highest BCUT2D eigenvalue weighted by atomic mass is 127. The Balaban J connectivity index is 2.29. The summed E-state index contributed by atoms with van der Waals surface area (Å²) in [6.07, 6.45) is -11.9. The van der Waals surface area contributed by atoms with E-state index in [2.05, 4.69) is 0 Å². The van der Waals surface area contributed by atoms with Gasteiger partial charge in [0.1, 0.15) is 1.43 Å². The predicted octanol–water partition coefficient (Wildman–Crippen LogP) is 6.36. The van der Waals surface area contributed by atoms with E-state index in [9.17, 15) is 39.6 Å². The molecule has 2 rings (SSSR count). The van der Waals surface area contributed by atoms with Crippen LogP contribution in [0, 0.1) is 0 Å². The van der Waals surface area contributed by atoms with Gasteiger partial charge in [-0.3, -0.25) is 5.43 Å². The van der Waals surface area contributed by atoms with Crippen LogP contribution in [0.25, 0.3) is 11.1 Å². The van der Waals surface area contributed by atoms with E-state index in [1.165, 1.54) is 34.5 Å². The van der Waals surface area contributed by atoms with Gasteiger partial charge in [-0.05, 0) is 30.2 Å². The smallest absolute Gasteiger partial charge is 0.258 e. The lowest BCUT2D eigenvalue weighted by molar-refractivity contribution is -0.316. The maximum atomic E-state index is 13.8. The second kappa shape index (κ2) is 10.4. The molecule has 0 aliphatic rings. The van der Waals surface area contributed by atoms with E-state index >= 15 is 0 Å². The highest BCUT2D eigenvalue weighted by molar-refractivity contribution is 14.2. The number of hydrogen-bond donors (Lipinski definition) is 2. The van der Waals surface area contributed by atoms with Gasteiger partial charge in [-0.1, -0.05) is 87.6 Å². The highest BCUT2D eigenvalue weighted by Crippen LogP contribution is 2.60. The number of amides is 2. The van der Waals surface area contributed by atoms with Crippen molar-refractivity contribution in [3.05, 3.63) is 54.6 Å². The molecular formula is C18H14F6I3N3O3S. The molecule has 0 fully saturated rings. The predicted molar refractivity (Wildman–Crippen MR) is 138 cm³/mol. The molecule has 0 radical (unpaired) electrons. The van der Waals surface area contributed by atoms with Gasteiger partial charge in [0.25, 0.3) is 15.6 Å². The molecule has 34 heavy (non-hydrogen) atoms. The Morgan fingerprint density at radius 1 is 0.853 bits per heavy atom. The van der Waals surface area contributed by atoms with Gasteiger partial charge in [0.05, 0.1) is 27.8 Å². The molecule has 2 N–H and O–H groups in total. The fourth-order valence-electron chi connectivity index (χ4n) is 2.88. The van der Waals surface area contributed by atoms with Gasteiger partial charge in [0.15, 0.2) is 0 Å². The van der Waals surface area contributed by atoms with Crippen LogP contribution in [-0.2, 0) is 10.0 Å². The first-order valence-corrected chi connectivity index (χ1v) is 13.4. The van der Waals surface area contributed by atoms with Crippen LogP contribution < -0.4 is 10.3 Å². The maximum absolute atomic E-state index is 13.8. The van der Waals surface area contributed by atoms with Crippen LogP contribution in [0.15, 0.2) is 59.5 Å². The minimum atomic E-state index is -5.95. The molecule has 0 aliphatic carbocycles. The molecule has 0 saturated heterocycles. The Bertz CT molecular complexity index is 1090. The van der Waals surface area contributed by atoms with Gasteiger partial charge in [-0.15, -0.1) is 4.83 Å². The summed E-state index contributed by atoms with van der Waals surface area (Å²) in [5, 5.41) is 0. The average Bonchev–Trinajstić information content (AvgIpc) is 2.70. The van der Waals surface area contributed by atoms with E-state index in [0.717, 1.165) is 50.7 Å². The third kappa shape index (κ3) is 5.85. The zero-order chi connectivity index (χ0) is 26.2. The normalized spacial score (nSPS) is 13.5. The molecule has 2 aromatic carbocycles. The molecule has 6 nitrogen and oxygen atoms in total. The summed E-state index contributed by atoms with van der Waals surface area (Å²) in [6, 6.07) is 12.1. The summed E-state index contributed by atoms with van der Waals surface area (Å²) < 4.78 is 104. The fourth-order valence-corrected chi connectivity index (χ4v) is 7.49. The van der Waals surface area contributed by atoms with Crippen molar-refractivity contribution in [2.75, 3.05) is 0 Å². The number of rotatable bonds is 6. The number of sulfonamides is 1. The monoisotopic (exact) mass is 847 g/mol. The van der Waals surface area contributed by atoms with Crippen molar-refractivity contribution in [2.24, 2.45) is 0 Å². The molecule has 0 saturated carbocycles. The molecule has 0 atom stereocenters. The minimum Gasteiger partial charge on any atom is -0.258 e. The summed E-state index contributed by atoms with van der Waals surface area (Å²) >= 11 is 2.44. The van der Waals surface area contributed by atoms with Crippen LogP contribution in [0.1, 0.15) is 6.92 Å². The zero-order valence-corrected chi connectivity index (χ0v) is 24.0. The number of nitrogens with zero attached hydrogens (tertiary/aromatic N) is 1. The SMILES string of the molecule is CC(I)(I)C(N(I)C(=O)NNS(=O)(=O)c1ccc(-c2ccccc2)cc1)(C(F)(F)F)C(F)(F)F. The highest BCUT2D eigenvalue weighted by Gasteiger charge is 2.81. The largest absolute Gasteiger partial charge is 0.423 e. The summed E-state index contributed by atoms with van der Waals surface area (Å²) in [6.45, 7) is 0.645. The number of carbonyl (C=O) groups excluding carboxylic acids is 1. The van der Waals surface area contributed by atoms with Gasteiger partial charge in [-0.25, -0.2) is 16.3 Å². The number of alkyl halides is 8. The van der Waals surface area contributed by atoms with E-state index in [-0.39, 0.29) is 4.90 Å². The van der Waals surface area contributed by atoms with Crippen LogP contribution >= 0.6 is 68.0 Å². The van der Waals surface area contributed by atoms with Crippen molar-refractivity contribution in [3.8, 4) is 11.1 Å². The molecule has 0 unspecified atom stereocenters. The standard InChI is InChI=1S/C18H14F6I3N3O3S/c1-15(25,26)16(17(19,20)21,18(22,23)24)30(27)14(31)28-29-34(32,33)13-9-7-12(8-10-13)11-5-3-2-4-6-11/h2-10,29H,1H3,(H,28,31). The van der Waals surface area contributed by atoms with Crippen molar-refractivity contribution in [3.63, 3.8) is 0 Å². The third-order valence-electron chi connectivity index (χ3n) is 4.49. The molecule has 2 aromatic rings. The van der Waals surface area contributed by atoms with Crippen LogP contribution in [0.4, 0.5) is 31.1 Å². The van der Waals surface area contributed by atoms with Crippen molar-refractivity contribution in [1.82, 2.24) is 13.4 Å². The Morgan fingerprint density at radius 2 is 1.29 bits per heavy atom. The summed E-state index contributed by atoms with van der Waals surface area (Å²) in [4.78, 5) is 13.5. The van der Waals surface area contributed by atoms with Crippen molar-refractivity contribution < 1.29 is 39.6 Å². The third-order valence-corrected chi connectivity index (χ3v) is 8.48. The average molecular weight is 847 g/mol. The topological polar surface area (TPSA) is 78.5 Å². The van der Waals surface area contributed by atoms with Crippen molar-refractivity contribution >= 4 is 84.1 Å². The van der Waals surface area contributed by atoms with Crippen LogP contribution in [0.5, 0.6) is 0 Å². The lowest BCUT2D eigenvalue weighted by Crippen LogP contribution is -2.74. The number of halogens is 9. The molecule has 2 amide bonds. The molecule has 16 heteroatoms. The summed E-state index contributed by atoms with van der Waals surface area (Å²) in [5.74, 6) is 0. The van der Waals surface area contributed by atoms with Crippen LogP contribution in [0.3, 0.4) is 0 Å². The molecule has 0 aliphatic heterocycles. The lowest BCUT2D eigenvalue weighted by atomic mass is 9.94. The van der Waals surface area contributed by atoms with E-state index in [1.54, 1.807) is 30.3 Å². The molecule has 0 bridgehead atoms. The fraction of sp³-hybridized carbons (Fsp3) is 0.278. The first kappa shape index (κ1) is 29.6. The second-order valence-electron chi connectivity index (χ2n) is 6.80. The number of benzene rings is 2. The quantitative estimate of drug-likeness (QED) is 0.117. The first-order valence-electron chi connectivity index (χ1n) is 8.81. The number of hydrogen-bond acceptors (Lipinski definition) is 3. The number of urea groups is 1. The van der Waals surface area contributed by atoms with E-state index in [0.29, 0.717) is 35.4 Å². The second-order valence-corrected chi connectivity index (χ2v) is 15.8. The molecular weight excluding hydrogens is 833 g/mol. The molecule has 188 valence electrons. The molecule has 0 spiro atoms. The summed E-state index contributed by atoms with van der Waals surface area (Å²) in [5.41, 5.74) is -1.79. The van der Waals surface area contributed by atoms with Gasteiger partial charge in [0, 0.05) is 0 Å². The Labute approximate surface area is 232 Å². The first-order chi connectivity index (χ1) is 15.4. The van der Waals surface area contributed by atoms with Gasteiger partial charge in [0.2, 0.25) is 0 Å². The van der Waals surface area contributed by atoms with Crippen molar-refractivity contribution in [2.45, 2.75) is 31.1 Å². The molecule has 0 aromatic heterocycles.